The predicted octanol–water partition coefficient (Wildman–Crippen LogP) is 5.11. The number of anilines is 1. The first-order valence-corrected chi connectivity index (χ1v) is 6.95. The average molecular weight is 270 g/mol. The maximum Gasteiger partial charge on any atom is 0.143 e. The fourth-order valence-corrected chi connectivity index (χ4v) is 3.40. The van der Waals surface area contributed by atoms with E-state index in [1.54, 1.807) is 6.07 Å². The van der Waals surface area contributed by atoms with Crippen LogP contribution in [0.15, 0.2) is 18.2 Å². The van der Waals surface area contributed by atoms with Gasteiger partial charge in [0.05, 0.1) is 5.02 Å². The van der Waals surface area contributed by atoms with Crippen molar-refractivity contribution in [2.24, 2.45) is 11.3 Å². The Balaban J connectivity index is 2.06. The molecule has 3 heteroatoms. The minimum absolute atomic E-state index is 0.179. The third-order valence-electron chi connectivity index (χ3n) is 3.68. The second kappa shape index (κ2) is 5.08. The van der Waals surface area contributed by atoms with Crippen LogP contribution in [0.4, 0.5) is 10.1 Å². The fraction of sp³-hybridized carbons (Fsp3) is 0.600. The summed E-state index contributed by atoms with van der Waals surface area (Å²) in [6.45, 7) is 6.90. The number of benzene rings is 1. The summed E-state index contributed by atoms with van der Waals surface area (Å²) < 4.78 is 13.4. The molecule has 1 N–H and O–H groups in total. The lowest BCUT2D eigenvalue weighted by molar-refractivity contribution is 0.178. The Morgan fingerprint density at radius 3 is 2.67 bits per heavy atom. The highest BCUT2D eigenvalue weighted by molar-refractivity contribution is 6.30. The highest BCUT2D eigenvalue weighted by Gasteiger charge is 2.31. The van der Waals surface area contributed by atoms with Crippen molar-refractivity contribution in [2.75, 3.05) is 5.32 Å². The Labute approximate surface area is 114 Å². The summed E-state index contributed by atoms with van der Waals surface area (Å²) in [5.41, 5.74) is 1.19. The molecule has 1 aliphatic rings. The predicted molar refractivity (Wildman–Crippen MR) is 75.6 cm³/mol. The topological polar surface area (TPSA) is 12.0 Å². The molecule has 1 aromatic carbocycles. The summed E-state index contributed by atoms with van der Waals surface area (Å²) in [5, 5.41) is 3.61. The van der Waals surface area contributed by atoms with E-state index in [0.29, 0.717) is 17.4 Å². The molecule has 0 radical (unpaired) electrons. The van der Waals surface area contributed by atoms with Gasteiger partial charge in [-0.2, -0.15) is 0 Å². The molecule has 2 atom stereocenters. The zero-order chi connectivity index (χ0) is 13.3. The minimum Gasteiger partial charge on any atom is -0.382 e. The SMILES string of the molecule is CC1CC(Nc2ccc(Cl)c(F)c2)CC(C)(C)C1. The molecule has 0 aliphatic heterocycles. The largest absolute Gasteiger partial charge is 0.382 e. The van der Waals surface area contributed by atoms with Crippen LogP contribution in [0, 0.1) is 17.2 Å². The molecule has 1 nitrogen and oxygen atoms in total. The summed E-state index contributed by atoms with van der Waals surface area (Å²) >= 11 is 5.69. The van der Waals surface area contributed by atoms with Crippen molar-refractivity contribution in [2.45, 2.75) is 46.1 Å². The van der Waals surface area contributed by atoms with E-state index in [4.69, 9.17) is 11.6 Å². The Morgan fingerprint density at radius 1 is 1.33 bits per heavy atom. The number of hydrogen-bond donors (Lipinski definition) is 1. The Morgan fingerprint density at radius 2 is 2.06 bits per heavy atom. The summed E-state index contributed by atoms with van der Waals surface area (Å²) in [6, 6.07) is 5.35. The van der Waals surface area contributed by atoms with Gasteiger partial charge in [-0.3, -0.25) is 0 Å². The lowest BCUT2D eigenvalue weighted by atomic mass is 9.70. The number of nitrogens with one attached hydrogen (secondary N) is 1. The molecule has 0 spiro atoms. The van der Waals surface area contributed by atoms with Crippen LogP contribution >= 0.6 is 11.6 Å². The van der Waals surface area contributed by atoms with Crippen LogP contribution in [0.1, 0.15) is 40.0 Å². The van der Waals surface area contributed by atoms with Crippen LogP contribution in [0.25, 0.3) is 0 Å². The van der Waals surface area contributed by atoms with Gasteiger partial charge >= 0.3 is 0 Å². The van der Waals surface area contributed by atoms with Gasteiger partial charge in [-0.1, -0.05) is 32.4 Å². The molecule has 1 fully saturated rings. The summed E-state index contributed by atoms with van der Waals surface area (Å²) in [4.78, 5) is 0. The summed E-state index contributed by atoms with van der Waals surface area (Å²) in [5.74, 6) is 0.355. The first-order chi connectivity index (χ1) is 8.35. The van der Waals surface area contributed by atoms with Crippen molar-refractivity contribution in [3.05, 3.63) is 29.0 Å². The number of hydrogen-bond acceptors (Lipinski definition) is 1. The lowest BCUT2D eigenvalue weighted by Crippen LogP contribution is -2.35. The van der Waals surface area contributed by atoms with Crippen LogP contribution in [0.2, 0.25) is 5.02 Å². The zero-order valence-electron chi connectivity index (χ0n) is 11.3. The average Bonchev–Trinajstić information content (AvgIpc) is 2.20. The monoisotopic (exact) mass is 269 g/mol. The first kappa shape index (κ1) is 13.7. The lowest BCUT2D eigenvalue weighted by Gasteiger charge is -2.39. The molecule has 1 aliphatic carbocycles. The van der Waals surface area contributed by atoms with E-state index >= 15 is 0 Å². The summed E-state index contributed by atoms with van der Waals surface area (Å²) in [6.07, 6.45) is 3.54. The van der Waals surface area contributed by atoms with E-state index in [2.05, 4.69) is 26.1 Å². The maximum atomic E-state index is 13.4. The third-order valence-corrected chi connectivity index (χ3v) is 3.98. The van der Waals surface area contributed by atoms with Gasteiger partial charge in [-0.15, -0.1) is 0 Å². The standard InChI is InChI=1S/C15H21ClFN/c1-10-6-12(9-15(2,3)8-10)18-11-4-5-13(16)14(17)7-11/h4-5,7,10,12,18H,6,8-9H2,1-3H3. The molecule has 0 amide bonds. The molecule has 100 valence electrons. The van der Waals surface area contributed by atoms with E-state index in [1.807, 2.05) is 6.07 Å². The Kier molecular flexibility index (Phi) is 3.86. The van der Waals surface area contributed by atoms with Crippen molar-refractivity contribution < 1.29 is 4.39 Å². The molecule has 1 saturated carbocycles. The van der Waals surface area contributed by atoms with E-state index in [9.17, 15) is 4.39 Å². The molecule has 18 heavy (non-hydrogen) atoms. The fourth-order valence-electron chi connectivity index (χ4n) is 3.28. The van der Waals surface area contributed by atoms with Gasteiger partial charge < -0.3 is 5.32 Å². The van der Waals surface area contributed by atoms with Gasteiger partial charge in [0, 0.05) is 11.7 Å². The maximum absolute atomic E-state index is 13.4. The smallest absolute Gasteiger partial charge is 0.143 e. The third kappa shape index (κ3) is 3.38. The second-order valence-corrected chi connectivity index (χ2v) is 6.79. The number of halogens is 2. The Bertz CT molecular complexity index is 431. The van der Waals surface area contributed by atoms with Gasteiger partial charge in [0.25, 0.3) is 0 Å². The quantitative estimate of drug-likeness (QED) is 0.787. The highest BCUT2D eigenvalue weighted by atomic mass is 35.5. The van der Waals surface area contributed by atoms with Crippen molar-refractivity contribution in [1.29, 1.82) is 0 Å². The van der Waals surface area contributed by atoms with Crippen molar-refractivity contribution >= 4 is 17.3 Å². The molecule has 0 saturated heterocycles. The molecule has 2 rings (SSSR count). The van der Waals surface area contributed by atoms with Crippen molar-refractivity contribution in [3.63, 3.8) is 0 Å². The van der Waals surface area contributed by atoms with Crippen LogP contribution in [-0.2, 0) is 0 Å². The molecule has 2 unspecified atom stereocenters. The van der Waals surface area contributed by atoms with Crippen LogP contribution in [0.3, 0.4) is 0 Å². The molecule has 0 aromatic heterocycles. The molecule has 1 aromatic rings. The van der Waals surface area contributed by atoms with Crippen molar-refractivity contribution in [3.8, 4) is 0 Å². The molecule has 0 bridgehead atoms. The molecular formula is C15H21ClFN. The van der Waals surface area contributed by atoms with Crippen LogP contribution in [-0.4, -0.2) is 6.04 Å². The normalized spacial score (nSPS) is 26.9. The van der Waals surface area contributed by atoms with E-state index in [-0.39, 0.29) is 10.8 Å². The first-order valence-electron chi connectivity index (χ1n) is 6.57. The van der Waals surface area contributed by atoms with Crippen molar-refractivity contribution in [1.82, 2.24) is 0 Å². The molecule has 0 heterocycles. The van der Waals surface area contributed by atoms with Crippen LogP contribution in [0.5, 0.6) is 0 Å². The van der Waals surface area contributed by atoms with Gasteiger partial charge in [-0.25, -0.2) is 4.39 Å². The van der Waals surface area contributed by atoms with E-state index in [0.717, 1.165) is 18.5 Å². The Hall–Kier alpha value is -0.760. The number of rotatable bonds is 2. The van der Waals surface area contributed by atoms with Gasteiger partial charge in [0.15, 0.2) is 0 Å². The van der Waals surface area contributed by atoms with E-state index < -0.39 is 0 Å². The van der Waals surface area contributed by atoms with Gasteiger partial charge in [-0.05, 0) is 48.8 Å². The zero-order valence-corrected chi connectivity index (χ0v) is 12.0. The molecular weight excluding hydrogens is 249 g/mol. The van der Waals surface area contributed by atoms with Crippen LogP contribution < -0.4 is 5.32 Å². The summed E-state index contributed by atoms with van der Waals surface area (Å²) in [7, 11) is 0. The highest BCUT2D eigenvalue weighted by Crippen LogP contribution is 2.39. The van der Waals surface area contributed by atoms with Gasteiger partial charge in [0.1, 0.15) is 5.82 Å². The second-order valence-electron chi connectivity index (χ2n) is 6.38. The van der Waals surface area contributed by atoms with Gasteiger partial charge in [0.2, 0.25) is 0 Å². The minimum atomic E-state index is -0.357. The van der Waals surface area contributed by atoms with E-state index in [1.165, 1.54) is 12.5 Å².